The van der Waals surface area contributed by atoms with Gasteiger partial charge >= 0.3 is 12.0 Å². The van der Waals surface area contributed by atoms with Crippen LogP contribution in [-0.2, 0) is 4.79 Å². The Kier molecular flexibility index (Phi) is 4.49. The van der Waals surface area contributed by atoms with E-state index in [0.717, 1.165) is 25.9 Å². The molecule has 114 valence electrons. The van der Waals surface area contributed by atoms with E-state index >= 15 is 0 Å². The fourth-order valence-corrected chi connectivity index (χ4v) is 3.00. The van der Waals surface area contributed by atoms with Gasteiger partial charge in [0.2, 0.25) is 0 Å². The minimum Gasteiger partial charge on any atom is -0.480 e. The van der Waals surface area contributed by atoms with Gasteiger partial charge in [-0.25, -0.2) is 9.59 Å². The number of β-amino-alcohol motifs (C(OH)–C–C–N with tert-alkyl or cyclic N) is 1. The van der Waals surface area contributed by atoms with Gasteiger partial charge in [0, 0.05) is 26.1 Å². The SMILES string of the molecule is CN1CCC(N(C)C(=O)N2CC(O)CC2C(=O)O)CC1. The number of carbonyl (C=O) groups excluding carboxylic acids is 1. The number of piperidine rings is 1. The van der Waals surface area contributed by atoms with Crippen molar-refractivity contribution in [3.8, 4) is 0 Å². The van der Waals surface area contributed by atoms with Crippen LogP contribution < -0.4 is 0 Å². The summed E-state index contributed by atoms with van der Waals surface area (Å²) < 4.78 is 0. The summed E-state index contributed by atoms with van der Waals surface area (Å²) in [6.07, 6.45) is 1.16. The number of urea groups is 1. The Labute approximate surface area is 118 Å². The van der Waals surface area contributed by atoms with Gasteiger partial charge < -0.3 is 24.9 Å². The van der Waals surface area contributed by atoms with Gasteiger partial charge in [0.05, 0.1) is 6.10 Å². The summed E-state index contributed by atoms with van der Waals surface area (Å²) in [5.41, 5.74) is 0. The Hall–Kier alpha value is -1.34. The Bertz CT molecular complexity index is 382. The van der Waals surface area contributed by atoms with Crippen molar-refractivity contribution < 1.29 is 19.8 Å². The second-order valence-corrected chi connectivity index (χ2v) is 5.82. The first-order valence-electron chi connectivity index (χ1n) is 7.03. The van der Waals surface area contributed by atoms with E-state index in [-0.39, 0.29) is 25.0 Å². The van der Waals surface area contributed by atoms with Crippen molar-refractivity contribution in [3.63, 3.8) is 0 Å². The van der Waals surface area contributed by atoms with Gasteiger partial charge in [-0.05, 0) is 33.0 Å². The quantitative estimate of drug-likeness (QED) is 0.724. The molecule has 7 heteroatoms. The zero-order valence-corrected chi connectivity index (χ0v) is 12.0. The lowest BCUT2D eigenvalue weighted by atomic mass is 10.0. The minimum atomic E-state index is -1.05. The summed E-state index contributed by atoms with van der Waals surface area (Å²) in [6.45, 7) is 1.98. The lowest BCUT2D eigenvalue weighted by Gasteiger charge is -2.37. The lowest BCUT2D eigenvalue weighted by molar-refractivity contribution is -0.141. The third-order valence-corrected chi connectivity index (χ3v) is 4.35. The zero-order valence-electron chi connectivity index (χ0n) is 12.0. The summed E-state index contributed by atoms with van der Waals surface area (Å²) in [4.78, 5) is 28.8. The number of aliphatic hydroxyl groups excluding tert-OH is 1. The lowest BCUT2D eigenvalue weighted by Crippen LogP contribution is -2.52. The predicted molar refractivity (Wildman–Crippen MR) is 72.4 cm³/mol. The molecule has 2 aliphatic rings. The Balaban J connectivity index is 2.00. The number of nitrogens with zero attached hydrogens (tertiary/aromatic N) is 3. The number of hydrogen-bond donors (Lipinski definition) is 2. The molecule has 2 heterocycles. The fourth-order valence-electron chi connectivity index (χ4n) is 3.00. The molecule has 0 bridgehead atoms. The topological polar surface area (TPSA) is 84.3 Å². The van der Waals surface area contributed by atoms with E-state index in [4.69, 9.17) is 5.11 Å². The number of rotatable bonds is 2. The van der Waals surface area contributed by atoms with Gasteiger partial charge in [0.1, 0.15) is 6.04 Å². The van der Waals surface area contributed by atoms with E-state index in [1.165, 1.54) is 4.90 Å². The van der Waals surface area contributed by atoms with Crippen LogP contribution in [0.4, 0.5) is 4.79 Å². The third-order valence-electron chi connectivity index (χ3n) is 4.35. The van der Waals surface area contributed by atoms with Gasteiger partial charge in [-0.3, -0.25) is 0 Å². The predicted octanol–water partition coefficient (Wildman–Crippen LogP) is -0.348. The average Bonchev–Trinajstić information content (AvgIpc) is 2.80. The fraction of sp³-hybridized carbons (Fsp3) is 0.846. The zero-order chi connectivity index (χ0) is 14.9. The first-order valence-corrected chi connectivity index (χ1v) is 7.03. The minimum absolute atomic E-state index is 0.104. The highest BCUT2D eigenvalue weighted by Crippen LogP contribution is 2.22. The van der Waals surface area contributed by atoms with Gasteiger partial charge in [-0.2, -0.15) is 0 Å². The number of amides is 2. The van der Waals surface area contributed by atoms with E-state index in [0.29, 0.717) is 0 Å². The van der Waals surface area contributed by atoms with Crippen molar-refractivity contribution in [2.24, 2.45) is 0 Å². The van der Waals surface area contributed by atoms with Crippen molar-refractivity contribution in [2.75, 3.05) is 33.7 Å². The normalized spacial score (nSPS) is 28.6. The number of carboxylic acids is 1. The van der Waals surface area contributed by atoms with Crippen molar-refractivity contribution in [3.05, 3.63) is 0 Å². The monoisotopic (exact) mass is 285 g/mol. The van der Waals surface area contributed by atoms with Crippen LogP contribution >= 0.6 is 0 Å². The molecule has 2 atom stereocenters. The Morgan fingerprint density at radius 1 is 1.25 bits per heavy atom. The molecule has 0 aromatic heterocycles. The molecule has 20 heavy (non-hydrogen) atoms. The van der Waals surface area contributed by atoms with Crippen LogP contribution in [0.2, 0.25) is 0 Å². The van der Waals surface area contributed by atoms with Crippen LogP contribution in [0.15, 0.2) is 0 Å². The van der Waals surface area contributed by atoms with Crippen LogP contribution in [0.5, 0.6) is 0 Å². The van der Waals surface area contributed by atoms with Crippen molar-refractivity contribution in [1.82, 2.24) is 14.7 Å². The van der Waals surface area contributed by atoms with Crippen LogP contribution in [-0.4, -0.2) is 88.8 Å². The summed E-state index contributed by atoms with van der Waals surface area (Å²) in [5.74, 6) is -1.05. The molecule has 2 aliphatic heterocycles. The molecule has 0 aliphatic carbocycles. The maximum atomic E-state index is 12.5. The van der Waals surface area contributed by atoms with Crippen molar-refractivity contribution in [1.29, 1.82) is 0 Å². The average molecular weight is 285 g/mol. The third kappa shape index (κ3) is 3.04. The number of likely N-dealkylation sites (tertiary alicyclic amines) is 2. The standard InChI is InChI=1S/C13H23N3O4/c1-14-5-3-9(4-6-14)15(2)13(20)16-8-10(17)7-11(16)12(18)19/h9-11,17H,3-8H2,1-2H3,(H,18,19). The Morgan fingerprint density at radius 3 is 2.40 bits per heavy atom. The second kappa shape index (κ2) is 5.97. The molecule has 2 saturated heterocycles. The van der Waals surface area contributed by atoms with E-state index in [1.807, 2.05) is 0 Å². The molecular weight excluding hydrogens is 262 g/mol. The summed E-state index contributed by atoms with van der Waals surface area (Å²) >= 11 is 0. The van der Waals surface area contributed by atoms with Crippen molar-refractivity contribution in [2.45, 2.75) is 37.5 Å². The van der Waals surface area contributed by atoms with Crippen molar-refractivity contribution >= 4 is 12.0 Å². The highest BCUT2D eigenvalue weighted by molar-refractivity contribution is 5.83. The highest BCUT2D eigenvalue weighted by atomic mass is 16.4. The van der Waals surface area contributed by atoms with Gasteiger partial charge in [0.25, 0.3) is 0 Å². The smallest absolute Gasteiger partial charge is 0.326 e. The summed E-state index contributed by atoms with van der Waals surface area (Å²) in [6, 6.07) is -1.05. The first-order chi connectivity index (χ1) is 9.40. The molecule has 2 rings (SSSR count). The molecule has 0 spiro atoms. The van der Waals surface area contributed by atoms with E-state index in [1.54, 1.807) is 11.9 Å². The van der Waals surface area contributed by atoms with Gasteiger partial charge in [0.15, 0.2) is 0 Å². The molecule has 2 amide bonds. The molecule has 2 fully saturated rings. The van der Waals surface area contributed by atoms with Crippen LogP contribution in [0.25, 0.3) is 0 Å². The van der Waals surface area contributed by atoms with Gasteiger partial charge in [-0.1, -0.05) is 0 Å². The van der Waals surface area contributed by atoms with E-state index in [9.17, 15) is 14.7 Å². The largest absolute Gasteiger partial charge is 0.480 e. The summed E-state index contributed by atoms with van der Waals surface area (Å²) in [7, 11) is 3.78. The number of hydrogen-bond acceptors (Lipinski definition) is 4. The molecular formula is C13H23N3O4. The first kappa shape index (κ1) is 15.1. The molecule has 0 saturated carbocycles. The number of aliphatic hydroxyl groups is 1. The van der Waals surface area contributed by atoms with E-state index < -0.39 is 18.1 Å². The number of carbonyl (C=O) groups is 2. The second-order valence-electron chi connectivity index (χ2n) is 5.82. The number of carboxylic acid groups (broad SMARTS) is 1. The molecule has 0 aromatic carbocycles. The number of aliphatic carboxylic acids is 1. The molecule has 0 radical (unpaired) electrons. The maximum absolute atomic E-state index is 12.5. The molecule has 2 unspecified atom stereocenters. The summed E-state index contributed by atoms with van der Waals surface area (Å²) in [5, 5.41) is 18.8. The molecule has 7 nitrogen and oxygen atoms in total. The van der Waals surface area contributed by atoms with Crippen LogP contribution in [0.1, 0.15) is 19.3 Å². The molecule has 0 aromatic rings. The maximum Gasteiger partial charge on any atom is 0.326 e. The van der Waals surface area contributed by atoms with Crippen LogP contribution in [0, 0.1) is 0 Å². The molecule has 2 N–H and O–H groups in total. The van der Waals surface area contributed by atoms with E-state index in [2.05, 4.69) is 11.9 Å². The van der Waals surface area contributed by atoms with Gasteiger partial charge in [-0.15, -0.1) is 0 Å². The van der Waals surface area contributed by atoms with Crippen LogP contribution in [0.3, 0.4) is 0 Å². The highest BCUT2D eigenvalue weighted by Gasteiger charge is 2.41. The Morgan fingerprint density at radius 2 is 1.85 bits per heavy atom.